The fourth-order valence-electron chi connectivity index (χ4n) is 3.08. The average molecular weight is 475 g/mol. The molecule has 0 radical (unpaired) electrons. The minimum atomic E-state index is -4.02. The van der Waals surface area contributed by atoms with Crippen LogP contribution in [0.1, 0.15) is 30.9 Å². The van der Waals surface area contributed by atoms with Crippen LogP contribution in [0.15, 0.2) is 71.6 Å². The van der Waals surface area contributed by atoms with Gasteiger partial charge in [-0.3, -0.25) is 9.10 Å². The van der Waals surface area contributed by atoms with Crippen LogP contribution in [0, 0.1) is 12.7 Å². The summed E-state index contributed by atoms with van der Waals surface area (Å²) in [5.74, 6) is -0.924. The molecule has 0 aliphatic heterocycles. The Balaban J connectivity index is 1.94. The van der Waals surface area contributed by atoms with Crippen LogP contribution in [0.4, 0.5) is 15.8 Å². The minimum absolute atomic E-state index is 0.0775. The number of amides is 1. The highest BCUT2D eigenvalue weighted by molar-refractivity contribution is 7.92. The lowest BCUT2D eigenvalue weighted by Gasteiger charge is -2.24. The SMILES string of the molecule is Cc1ccc(S(=O)(=O)N(CC(=O)Nc2ccc(F)c(Cl)c2)c2ccc(C(C)C)cc2)cc1. The highest BCUT2D eigenvalue weighted by Crippen LogP contribution is 2.26. The molecule has 8 heteroatoms. The second-order valence-corrected chi connectivity index (χ2v) is 10.0. The number of hydrogen-bond acceptors (Lipinski definition) is 3. The topological polar surface area (TPSA) is 66.5 Å². The summed E-state index contributed by atoms with van der Waals surface area (Å²) in [5, 5.41) is 2.43. The second-order valence-electron chi connectivity index (χ2n) is 7.75. The van der Waals surface area contributed by atoms with Crippen LogP contribution >= 0.6 is 11.6 Å². The number of nitrogens with zero attached hydrogens (tertiary/aromatic N) is 1. The molecule has 3 aromatic carbocycles. The Hall–Kier alpha value is -2.90. The molecule has 0 fully saturated rings. The lowest BCUT2D eigenvalue weighted by Crippen LogP contribution is -2.38. The Morgan fingerprint density at radius 3 is 2.22 bits per heavy atom. The van der Waals surface area contributed by atoms with Crippen molar-refractivity contribution in [1.29, 1.82) is 0 Å². The van der Waals surface area contributed by atoms with Crippen molar-refractivity contribution in [3.8, 4) is 0 Å². The van der Waals surface area contributed by atoms with E-state index < -0.39 is 28.3 Å². The fourth-order valence-corrected chi connectivity index (χ4v) is 4.68. The average Bonchev–Trinajstić information content (AvgIpc) is 2.75. The number of nitrogens with one attached hydrogen (secondary N) is 1. The smallest absolute Gasteiger partial charge is 0.264 e. The fraction of sp³-hybridized carbons (Fsp3) is 0.208. The number of aryl methyl sites for hydroxylation is 1. The Labute approximate surface area is 192 Å². The van der Waals surface area contributed by atoms with Crippen molar-refractivity contribution in [2.24, 2.45) is 0 Å². The Morgan fingerprint density at radius 2 is 1.66 bits per heavy atom. The number of anilines is 2. The van der Waals surface area contributed by atoms with Crippen molar-refractivity contribution in [3.05, 3.63) is 88.7 Å². The van der Waals surface area contributed by atoms with E-state index >= 15 is 0 Å². The summed E-state index contributed by atoms with van der Waals surface area (Å²) in [6.45, 7) is 5.47. The Morgan fingerprint density at radius 1 is 1.03 bits per heavy atom. The van der Waals surface area contributed by atoms with E-state index in [1.807, 2.05) is 32.9 Å². The van der Waals surface area contributed by atoms with E-state index in [1.165, 1.54) is 24.3 Å². The van der Waals surface area contributed by atoms with Crippen molar-refractivity contribution in [2.45, 2.75) is 31.6 Å². The first-order valence-electron chi connectivity index (χ1n) is 10.0. The first-order valence-corrected chi connectivity index (χ1v) is 11.8. The van der Waals surface area contributed by atoms with Gasteiger partial charge in [-0.15, -0.1) is 0 Å². The minimum Gasteiger partial charge on any atom is -0.324 e. The van der Waals surface area contributed by atoms with Gasteiger partial charge in [0.1, 0.15) is 12.4 Å². The van der Waals surface area contributed by atoms with Gasteiger partial charge in [0.15, 0.2) is 0 Å². The number of hydrogen-bond donors (Lipinski definition) is 1. The zero-order chi connectivity index (χ0) is 23.5. The molecule has 3 aromatic rings. The molecule has 0 atom stereocenters. The number of carbonyl (C=O) groups is 1. The first-order chi connectivity index (χ1) is 15.1. The molecule has 0 bridgehead atoms. The summed E-state index contributed by atoms with van der Waals surface area (Å²) in [7, 11) is -4.02. The first kappa shape index (κ1) is 23.8. The van der Waals surface area contributed by atoms with E-state index in [4.69, 9.17) is 11.6 Å². The quantitative estimate of drug-likeness (QED) is 0.474. The molecule has 1 N–H and O–H groups in total. The van der Waals surface area contributed by atoms with Crippen LogP contribution < -0.4 is 9.62 Å². The van der Waals surface area contributed by atoms with Gasteiger partial charge in [-0.2, -0.15) is 0 Å². The zero-order valence-corrected chi connectivity index (χ0v) is 19.5. The van der Waals surface area contributed by atoms with Crippen LogP contribution in [0.2, 0.25) is 5.02 Å². The predicted molar refractivity (Wildman–Crippen MR) is 126 cm³/mol. The normalized spacial score (nSPS) is 11.4. The number of carbonyl (C=O) groups excluding carboxylic acids is 1. The molecule has 32 heavy (non-hydrogen) atoms. The van der Waals surface area contributed by atoms with E-state index in [9.17, 15) is 17.6 Å². The van der Waals surface area contributed by atoms with E-state index in [2.05, 4.69) is 5.32 Å². The number of benzene rings is 3. The number of halogens is 2. The molecule has 0 saturated carbocycles. The summed E-state index contributed by atoms with van der Waals surface area (Å²) in [6.07, 6.45) is 0. The van der Waals surface area contributed by atoms with Gasteiger partial charge in [-0.05, 0) is 60.9 Å². The molecular formula is C24H24ClFN2O3S. The molecule has 0 aromatic heterocycles. The molecular weight excluding hydrogens is 451 g/mol. The van der Waals surface area contributed by atoms with Crippen LogP contribution in [-0.4, -0.2) is 20.9 Å². The van der Waals surface area contributed by atoms with Gasteiger partial charge in [0.25, 0.3) is 10.0 Å². The van der Waals surface area contributed by atoms with Gasteiger partial charge in [0.2, 0.25) is 5.91 Å². The van der Waals surface area contributed by atoms with E-state index in [1.54, 1.807) is 24.3 Å². The number of rotatable bonds is 7. The monoisotopic (exact) mass is 474 g/mol. The van der Waals surface area contributed by atoms with Crippen molar-refractivity contribution in [1.82, 2.24) is 0 Å². The Kier molecular flexibility index (Phi) is 7.21. The summed E-state index contributed by atoms with van der Waals surface area (Å²) >= 11 is 5.77. The summed E-state index contributed by atoms with van der Waals surface area (Å²) in [4.78, 5) is 12.8. The van der Waals surface area contributed by atoms with Gasteiger partial charge in [-0.1, -0.05) is 55.3 Å². The standard InChI is InChI=1S/C24H24ClFN2O3S/c1-16(2)18-6-9-20(10-7-18)28(32(30,31)21-11-4-17(3)5-12-21)15-24(29)27-19-8-13-23(26)22(25)14-19/h4-14,16H,15H2,1-3H3,(H,27,29). The van der Waals surface area contributed by atoms with Gasteiger partial charge < -0.3 is 5.32 Å². The van der Waals surface area contributed by atoms with Crippen molar-refractivity contribution in [2.75, 3.05) is 16.2 Å². The lowest BCUT2D eigenvalue weighted by molar-refractivity contribution is -0.114. The maximum Gasteiger partial charge on any atom is 0.264 e. The summed E-state index contributed by atoms with van der Waals surface area (Å²) in [5.41, 5.74) is 2.60. The predicted octanol–water partition coefficient (Wildman–Crippen LogP) is 5.74. The third kappa shape index (κ3) is 5.47. The summed E-state index contributed by atoms with van der Waals surface area (Å²) in [6, 6.07) is 17.2. The van der Waals surface area contributed by atoms with E-state index in [0.717, 1.165) is 21.5 Å². The third-order valence-electron chi connectivity index (χ3n) is 4.95. The lowest BCUT2D eigenvalue weighted by atomic mass is 10.0. The highest BCUT2D eigenvalue weighted by Gasteiger charge is 2.27. The van der Waals surface area contributed by atoms with Gasteiger partial charge in [0, 0.05) is 5.69 Å². The molecule has 0 unspecified atom stereocenters. The van der Waals surface area contributed by atoms with Crippen LogP contribution in [-0.2, 0) is 14.8 Å². The maximum absolute atomic E-state index is 13.4. The molecule has 3 rings (SSSR count). The van der Waals surface area contributed by atoms with Gasteiger partial charge in [-0.25, -0.2) is 12.8 Å². The molecule has 1 amide bonds. The van der Waals surface area contributed by atoms with Crippen LogP contribution in [0.5, 0.6) is 0 Å². The van der Waals surface area contributed by atoms with Crippen molar-refractivity contribution in [3.63, 3.8) is 0 Å². The molecule has 0 saturated heterocycles. The molecule has 168 valence electrons. The second kappa shape index (κ2) is 9.71. The molecule has 0 aliphatic carbocycles. The molecule has 0 heterocycles. The zero-order valence-electron chi connectivity index (χ0n) is 18.0. The number of sulfonamides is 1. The van der Waals surface area contributed by atoms with Crippen LogP contribution in [0.25, 0.3) is 0 Å². The largest absolute Gasteiger partial charge is 0.324 e. The van der Waals surface area contributed by atoms with Crippen molar-refractivity contribution < 1.29 is 17.6 Å². The summed E-state index contributed by atoms with van der Waals surface area (Å²) < 4.78 is 41.3. The van der Waals surface area contributed by atoms with Crippen LogP contribution in [0.3, 0.4) is 0 Å². The molecule has 5 nitrogen and oxygen atoms in total. The van der Waals surface area contributed by atoms with Crippen molar-refractivity contribution >= 4 is 38.9 Å². The Bertz CT molecular complexity index is 1210. The van der Waals surface area contributed by atoms with Gasteiger partial charge in [0.05, 0.1) is 15.6 Å². The highest BCUT2D eigenvalue weighted by atomic mass is 35.5. The van der Waals surface area contributed by atoms with E-state index in [0.29, 0.717) is 5.69 Å². The maximum atomic E-state index is 13.4. The molecule has 0 spiro atoms. The van der Waals surface area contributed by atoms with Gasteiger partial charge >= 0.3 is 0 Å². The van der Waals surface area contributed by atoms with E-state index in [-0.39, 0.29) is 21.5 Å². The third-order valence-corrected chi connectivity index (χ3v) is 7.03. The molecule has 0 aliphatic rings.